The first-order valence-electron chi connectivity index (χ1n) is 7.08. The van der Waals surface area contributed by atoms with Crippen molar-refractivity contribution >= 4 is 5.95 Å². The van der Waals surface area contributed by atoms with Gasteiger partial charge in [-0.2, -0.15) is 9.97 Å². The zero-order valence-corrected chi connectivity index (χ0v) is 12.8. The zero-order valence-electron chi connectivity index (χ0n) is 12.8. The molecule has 2 heterocycles. The van der Waals surface area contributed by atoms with E-state index in [4.69, 9.17) is 14.2 Å². The SMILES string of the molecule is COCCNCC1CCCN1c1nc(OC)nc(OC)n1. The topological polar surface area (TPSA) is 81.6 Å². The van der Waals surface area contributed by atoms with E-state index >= 15 is 0 Å². The second-order valence-electron chi connectivity index (χ2n) is 4.80. The number of methoxy groups -OCH3 is 3. The third kappa shape index (κ3) is 4.15. The van der Waals surface area contributed by atoms with E-state index in [0.717, 1.165) is 32.5 Å². The molecule has 1 atom stereocenters. The van der Waals surface area contributed by atoms with Crippen LogP contribution in [0.2, 0.25) is 0 Å². The molecular weight excluding hydrogens is 274 g/mol. The molecule has 1 aliphatic heterocycles. The van der Waals surface area contributed by atoms with Crippen molar-refractivity contribution in [2.45, 2.75) is 18.9 Å². The van der Waals surface area contributed by atoms with Crippen LogP contribution in [0, 0.1) is 0 Å². The summed E-state index contributed by atoms with van der Waals surface area (Å²) in [7, 11) is 4.77. The van der Waals surface area contributed by atoms with Gasteiger partial charge in [0.15, 0.2) is 0 Å². The molecule has 0 bridgehead atoms. The number of hydrogen-bond donors (Lipinski definition) is 1. The Morgan fingerprint density at radius 2 is 1.86 bits per heavy atom. The van der Waals surface area contributed by atoms with Crippen LogP contribution in [0.25, 0.3) is 0 Å². The average molecular weight is 297 g/mol. The molecule has 118 valence electrons. The van der Waals surface area contributed by atoms with Crippen molar-refractivity contribution in [3.63, 3.8) is 0 Å². The van der Waals surface area contributed by atoms with E-state index in [2.05, 4.69) is 25.2 Å². The second kappa shape index (κ2) is 7.94. The fourth-order valence-electron chi connectivity index (χ4n) is 2.39. The molecule has 8 heteroatoms. The Morgan fingerprint density at radius 1 is 1.14 bits per heavy atom. The highest BCUT2D eigenvalue weighted by Gasteiger charge is 2.27. The maximum atomic E-state index is 5.10. The standard InChI is InChI=1S/C13H23N5O3/c1-19-8-6-14-9-10-5-4-7-18(10)11-15-12(20-2)17-13(16-11)21-3/h10,14H,4-9H2,1-3H3. The minimum Gasteiger partial charge on any atom is -0.467 e. The predicted octanol–water partition coefficient (Wildman–Crippen LogP) is 0.0936. The van der Waals surface area contributed by atoms with Crippen LogP contribution >= 0.6 is 0 Å². The molecule has 21 heavy (non-hydrogen) atoms. The monoisotopic (exact) mass is 297 g/mol. The van der Waals surface area contributed by atoms with Crippen molar-refractivity contribution in [2.75, 3.05) is 52.5 Å². The van der Waals surface area contributed by atoms with E-state index in [9.17, 15) is 0 Å². The summed E-state index contributed by atoms with van der Waals surface area (Å²) in [5.74, 6) is 0.606. The van der Waals surface area contributed by atoms with Crippen LogP contribution in [0.4, 0.5) is 5.95 Å². The van der Waals surface area contributed by atoms with Crippen LogP contribution in [-0.4, -0.2) is 68.6 Å². The Balaban J connectivity index is 2.04. The highest BCUT2D eigenvalue weighted by Crippen LogP contribution is 2.24. The summed E-state index contributed by atoms with van der Waals surface area (Å²) in [6.45, 7) is 3.34. The van der Waals surface area contributed by atoms with Gasteiger partial charge in [-0.05, 0) is 12.8 Å². The van der Waals surface area contributed by atoms with Crippen molar-refractivity contribution in [3.05, 3.63) is 0 Å². The first-order chi connectivity index (χ1) is 10.3. The van der Waals surface area contributed by atoms with E-state index in [0.29, 0.717) is 18.6 Å². The van der Waals surface area contributed by atoms with Gasteiger partial charge >= 0.3 is 12.0 Å². The van der Waals surface area contributed by atoms with Crippen LogP contribution in [0.5, 0.6) is 12.0 Å². The van der Waals surface area contributed by atoms with Gasteiger partial charge in [0.05, 0.1) is 20.8 Å². The number of hydrogen-bond acceptors (Lipinski definition) is 8. The maximum absolute atomic E-state index is 5.10. The molecule has 1 aromatic rings. The molecule has 1 unspecified atom stereocenters. The lowest BCUT2D eigenvalue weighted by atomic mass is 10.2. The van der Waals surface area contributed by atoms with Gasteiger partial charge in [0.1, 0.15) is 0 Å². The Bertz CT molecular complexity index is 424. The van der Waals surface area contributed by atoms with Gasteiger partial charge in [0.25, 0.3) is 0 Å². The van der Waals surface area contributed by atoms with E-state index in [1.165, 1.54) is 14.2 Å². The Morgan fingerprint density at radius 3 is 2.48 bits per heavy atom. The van der Waals surface area contributed by atoms with Crippen molar-refractivity contribution < 1.29 is 14.2 Å². The van der Waals surface area contributed by atoms with Crippen molar-refractivity contribution in [3.8, 4) is 12.0 Å². The summed E-state index contributed by atoms with van der Waals surface area (Å²) in [6, 6.07) is 0.906. The fourth-order valence-corrected chi connectivity index (χ4v) is 2.39. The van der Waals surface area contributed by atoms with Crippen LogP contribution in [-0.2, 0) is 4.74 Å². The molecule has 2 rings (SSSR count). The third-order valence-electron chi connectivity index (χ3n) is 3.44. The Hall–Kier alpha value is -1.67. The van der Waals surface area contributed by atoms with E-state index in [1.54, 1.807) is 7.11 Å². The maximum Gasteiger partial charge on any atom is 0.324 e. The van der Waals surface area contributed by atoms with E-state index in [-0.39, 0.29) is 12.0 Å². The quantitative estimate of drug-likeness (QED) is 0.676. The predicted molar refractivity (Wildman–Crippen MR) is 78.0 cm³/mol. The summed E-state index contributed by atoms with van der Waals surface area (Å²) in [5, 5.41) is 3.38. The molecule has 8 nitrogen and oxygen atoms in total. The summed E-state index contributed by atoms with van der Waals surface area (Å²) >= 11 is 0. The van der Waals surface area contributed by atoms with E-state index < -0.39 is 0 Å². The highest BCUT2D eigenvalue weighted by atomic mass is 16.5. The summed E-state index contributed by atoms with van der Waals surface area (Å²) in [5.41, 5.74) is 0. The average Bonchev–Trinajstić information content (AvgIpc) is 2.99. The second-order valence-corrected chi connectivity index (χ2v) is 4.80. The molecule has 0 radical (unpaired) electrons. The number of anilines is 1. The summed E-state index contributed by atoms with van der Waals surface area (Å²) < 4.78 is 15.2. The van der Waals surface area contributed by atoms with Gasteiger partial charge in [-0.15, -0.1) is 4.98 Å². The molecule has 0 saturated carbocycles. The molecule has 0 aromatic carbocycles. The van der Waals surface area contributed by atoms with Crippen LogP contribution in [0.15, 0.2) is 0 Å². The van der Waals surface area contributed by atoms with Gasteiger partial charge in [-0.1, -0.05) is 0 Å². The number of aromatic nitrogens is 3. The van der Waals surface area contributed by atoms with Crippen LogP contribution in [0.1, 0.15) is 12.8 Å². The number of ether oxygens (including phenoxy) is 3. The molecule has 0 aliphatic carbocycles. The summed E-state index contributed by atoms with van der Waals surface area (Å²) in [4.78, 5) is 14.9. The van der Waals surface area contributed by atoms with Gasteiger partial charge in [0, 0.05) is 32.8 Å². The molecule has 1 aromatic heterocycles. The lowest BCUT2D eigenvalue weighted by Gasteiger charge is -2.25. The lowest BCUT2D eigenvalue weighted by Crippen LogP contribution is -2.39. The first kappa shape index (κ1) is 15.7. The molecule has 1 N–H and O–H groups in total. The van der Waals surface area contributed by atoms with Crippen LogP contribution in [0.3, 0.4) is 0 Å². The molecule has 1 aliphatic rings. The van der Waals surface area contributed by atoms with Crippen molar-refractivity contribution in [1.29, 1.82) is 0 Å². The van der Waals surface area contributed by atoms with Gasteiger partial charge in [-0.3, -0.25) is 0 Å². The Labute approximate surface area is 124 Å². The summed E-state index contributed by atoms with van der Waals surface area (Å²) in [6.07, 6.45) is 2.23. The lowest BCUT2D eigenvalue weighted by molar-refractivity contribution is 0.199. The smallest absolute Gasteiger partial charge is 0.324 e. The van der Waals surface area contributed by atoms with Gasteiger partial charge in [0.2, 0.25) is 5.95 Å². The molecule has 0 spiro atoms. The van der Waals surface area contributed by atoms with Crippen molar-refractivity contribution in [1.82, 2.24) is 20.3 Å². The van der Waals surface area contributed by atoms with Gasteiger partial charge in [-0.25, -0.2) is 0 Å². The molecular formula is C13H23N5O3. The minimum atomic E-state index is 0.273. The van der Waals surface area contributed by atoms with E-state index in [1.807, 2.05) is 0 Å². The van der Waals surface area contributed by atoms with Crippen molar-refractivity contribution in [2.24, 2.45) is 0 Å². The first-order valence-corrected chi connectivity index (χ1v) is 7.08. The zero-order chi connectivity index (χ0) is 15.1. The third-order valence-corrected chi connectivity index (χ3v) is 3.44. The largest absolute Gasteiger partial charge is 0.467 e. The Kier molecular flexibility index (Phi) is 5.94. The highest BCUT2D eigenvalue weighted by molar-refractivity contribution is 5.35. The van der Waals surface area contributed by atoms with Gasteiger partial charge < -0.3 is 24.4 Å². The molecule has 0 amide bonds. The fraction of sp³-hybridized carbons (Fsp3) is 0.769. The number of rotatable bonds is 8. The van der Waals surface area contributed by atoms with Crippen LogP contribution < -0.4 is 19.7 Å². The number of nitrogens with zero attached hydrogens (tertiary/aromatic N) is 4. The normalized spacial score (nSPS) is 18.0. The minimum absolute atomic E-state index is 0.273. The number of nitrogens with one attached hydrogen (secondary N) is 1. The molecule has 1 saturated heterocycles. The molecule has 1 fully saturated rings.